The fraction of sp³-hybridized carbons (Fsp3) is 0.381. The maximum Gasteiger partial charge on any atom is 0.169 e. The first-order chi connectivity index (χ1) is 12.4. The number of fused-ring (bicyclic) bond motifs is 1. The number of rotatable bonds is 3. The van der Waals surface area contributed by atoms with E-state index in [1.165, 1.54) is 11.1 Å². The zero-order valence-electron chi connectivity index (χ0n) is 15.3. The molecule has 0 atom stereocenters. The minimum Gasteiger partial charge on any atom is -0.504 e. The van der Waals surface area contributed by atoms with Gasteiger partial charge in [-0.15, -0.1) is 0 Å². The van der Waals surface area contributed by atoms with Crippen molar-refractivity contribution in [2.75, 3.05) is 6.54 Å². The standard InChI is InChI=1S/C21H26N2O2S/c1-14(2)16-7-5-15(6-8-16)12-22-21(26)23-9-3-4-17-10-19(24)20(25)11-18(17)13-23/h5-8,10-11,14,24-25H,3-4,9,12-13H2,1-2H3,(H,22,26). The van der Waals surface area contributed by atoms with Gasteiger partial charge in [0.2, 0.25) is 0 Å². The van der Waals surface area contributed by atoms with E-state index in [9.17, 15) is 10.2 Å². The van der Waals surface area contributed by atoms with Crippen LogP contribution in [0.4, 0.5) is 0 Å². The second-order valence-electron chi connectivity index (χ2n) is 7.19. The van der Waals surface area contributed by atoms with Crippen LogP contribution in [0.2, 0.25) is 0 Å². The Morgan fingerprint density at radius 3 is 2.42 bits per heavy atom. The number of aryl methyl sites for hydroxylation is 1. The van der Waals surface area contributed by atoms with Crippen molar-refractivity contribution in [3.05, 3.63) is 58.7 Å². The normalized spacial score (nSPS) is 14.0. The molecule has 5 heteroatoms. The molecule has 0 aliphatic carbocycles. The Balaban J connectivity index is 1.63. The highest BCUT2D eigenvalue weighted by molar-refractivity contribution is 7.80. The number of hydrogen-bond acceptors (Lipinski definition) is 3. The van der Waals surface area contributed by atoms with Gasteiger partial charge in [0.15, 0.2) is 16.6 Å². The maximum absolute atomic E-state index is 9.79. The molecule has 2 aromatic carbocycles. The lowest BCUT2D eigenvalue weighted by molar-refractivity contribution is 0.397. The van der Waals surface area contributed by atoms with Crippen molar-refractivity contribution in [2.45, 2.75) is 45.7 Å². The van der Waals surface area contributed by atoms with Crippen LogP contribution in [0.15, 0.2) is 36.4 Å². The zero-order valence-corrected chi connectivity index (χ0v) is 16.1. The molecule has 0 bridgehead atoms. The van der Waals surface area contributed by atoms with Crippen molar-refractivity contribution in [1.29, 1.82) is 0 Å². The Kier molecular flexibility index (Phi) is 5.67. The second kappa shape index (κ2) is 7.96. The van der Waals surface area contributed by atoms with Crippen LogP contribution in [0.3, 0.4) is 0 Å². The van der Waals surface area contributed by atoms with Crippen molar-refractivity contribution in [2.24, 2.45) is 0 Å². The van der Waals surface area contributed by atoms with E-state index in [0.717, 1.165) is 35.6 Å². The van der Waals surface area contributed by atoms with Crippen LogP contribution in [-0.2, 0) is 19.5 Å². The van der Waals surface area contributed by atoms with E-state index in [4.69, 9.17) is 12.2 Å². The minimum atomic E-state index is -0.0743. The van der Waals surface area contributed by atoms with Crippen LogP contribution in [0.1, 0.15) is 48.4 Å². The van der Waals surface area contributed by atoms with Gasteiger partial charge in [-0.25, -0.2) is 0 Å². The van der Waals surface area contributed by atoms with Gasteiger partial charge >= 0.3 is 0 Å². The van der Waals surface area contributed by atoms with Crippen molar-refractivity contribution in [3.8, 4) is 11.5 Å². The Morgan fingerprint density at radius 1 is 1.12 bits per heavy atom. The quantitative estimate of drug-likeness (QED) is 0.562. The summed E-state index contributed by atoms with van der Waals surface area (Å²) >= 11 is 5.59. The first-order valence-electron chi connectivity index (χ1n) is 9.09. The molecule has 2 aromatic rings. The lowest BCUT2D eigenvalue weighted by atomic mass is 10.0. The molecule has 0 spiro atoms. The summed E-state index contributed by atoms with van der Waals surface area (Å²) in [6, 6.07) is 11.9. The number of thiocarbonyl (C=S) groups is 1. The predicted molar refractivity (Wildman–Crippen MR) is 108 cm³/mol. The Labute approximate surface area is 160 Å². The Hall–Kier alpha value is -2.27. The van der Waals surface area contributed by atoms with Gasteiger partial charge in [-0.2, -0.15) is 0 Å². The van der Waals surface area contributed by atoms with Crippen LogP contribution in [0.25, 0.3) is 0 Å². The molecule has 0 saturated carbocycles. The van der Waals surface area contributed by atoms with Gasteiger partial charge in [-0.1, -0.05) is 38.1 Å². The van der Waals surface area contributed by atoms with Crippen molar-refractivity contribution < 1.29 is 10.2 Å². The molecule has 0 saturated heterocycles. The fourth-order valence-electron chi connectivity index (χ4n) is 3.27. The molecule has 0 unspecified atom stereocenters. The number of phenolic OH excluding ortho intramolecular Hbond substituents is 2. The largest absolute Gasteiger partial charge is 0.504 e. The summed E-state index contributed by atoms with van der Waals surface area (Å²) in [4.78, 5) is 2.13. The summed E-state index contributed by atoms with van der Waals surface area (Å²) < 4.78 is 0. The highest BCUT2D eigenvalue weighted by Crippen LogP contribution is 2.31. The number of aromatic hydroxyl groups is 2. The lowest BCUT2D eigenvalue weighted by Crippen LogP contribution is -2.39. The highest BCUT2D eigenvalue weighted by atomic mass is 32.1. The van der Waals surface area contributed by atoms with Gasteiger partial charge in [0.25, 0.3) is 0 Å². The second-order valence-corrected chi connectivity index (χ2v) is 7.58. The average Bonchev–Trinajstić information content (AvgIpc) is 2.82. The zero-order chi connectivity index (χ0) is 18.7. The third kappa shape index (κ3) is 4.28. The number of nitrogens with zero attached hydrogens (tertiary/aromatic N) is 1. The highest BCUT2D eigenvalue weighted by Gasteiger charge is 2.18. The third-order valence-electron chi connectivity index (χ3n) is 4.91. The average molecular weight is 371 g/mol. The van der Waals surface area contributed by atoms with Gasteiger partial charge in [0, 0.05) is 19.6 Å². The summed E-state index contributed by atoms with van der Waals surface area (Å²) in [6.45, 7) is 6.57. The molecule has 138 valence electrons. The summed E-state index contributed by atoms with van der Waals surface area (Å²) in [6.07, 6.45) is 1.83. The van der Waals surface area contributed by atoms with Crippen molar-refractivity contribution in [1.82, 2.24) is 10.2 Å². The Bertz CT molecular complexity index is 787. The molecule has 3 N–H and O–H groups in total. The van der Waals surface area contributed by atoms with Gasteiger partial charge in [-0.05, 0) is 65.4 Å². The number of benzene rings is 2. The number of nitrogens with one attached hydrogen (secondary N) is 1. The van der Waals surface area contributed by atoms with E-state index in [-0.39, 0.29) is 11.5 Å². The van der Waals surface area contributed by atoms with Gasteiger partial charge in [0.1, 0.15) is 0 Å². The first-order valence-corrected chi connectivity index (χ1v) is 9.50. The molecular weight excluding hydrogens is 344 g/mol. The van der Waals surface area contributed by atoms with E-state index in [0.29, 0.717) is 19.0 Å². The molecule has 1 aliphatic rings. The van der Waals surface area contributed by atoms with Crippen molar-refractivity contribution >= 4 is 17.3 Å². The molecule has 0 fully saturated rings. The first kappa shape index (κ1) is 18.5. The fourth-order valence-corrected chi connectivity index (χ4v) is 3.50. The Morgan fingerprint density at radius 2 is 1.77 bits per heavy atom. The van der Waals surface area contributed by atoms with E-state index in [2.05, 4.69) is 48.3 Å². The van der Waals surface area contributed by atoms with Gasteiger partial charge in [0.05, 0.1) is 0 Å². The molecule has 0 amide bonds. The summed E-state index contributed by atoms with van der Waals surface area (Å²) in [5.41, 5.74) is 4.64. The molecule has 1 aliphatic heterocycles. The third-order valence-corrected chi connectivity index (χ3v) is 5.31. The van der Waals surface area contributed by atoms with Crippen molar-refractivity contribution in [3.63, 3.8) is 0 Å². The van der Waals surface area contributed by atoms with E-state index in [1.807, 2.05) is 0 Å². The monoisotopic (exact) mass is 370 g/mol. The number of hydrogen-bond donors (Lipinski definition) is 3. The molecule has 0 radical (unpaired) electrons. The molecule has 3 rings (SSSR count). The van der Waals surface area contributed by atoms with Crippen LogP contribution >= 0.6 is 12.2 Å². The van der Waals surface area contributed by atoms with E-state index in [1.54, 1.807) is 12.1 Å². The van der Waals surface area contributed by atoms with E-state index >= 15 is 0 Å². The predicted octanol–water partition coefficient (Wildman–Crippen LogP) is 4.04. The smallest absolute Gasteiger partial charge is 0.169 e. The van der Waals surface area contributed by atoms with Gasteiger partial charge < -0.3 is 20.4 Å². The van der Waals surface area contributed by atoms with E-state index < -0.39 is 0 Å². The summed E-state index contributed by atoms with van der Waals surface area (Å²) in [7, 11) is 0. The minimum absolute atomic E-state index is 0.0530. The van der Waals surface area contributed by atoms with Gasteiger partial charge in [-0.3, -0.25) is 0 Å². The van der Waals surface area contributed by atoms with Crippen LogP contribution in [0.5, 0.6) is 11.5 Å². The molecular formula is C21H26N2O2S. The number of phenols is 2. The summed E-state index contributed by atoms with van der Waals surface area (Å²) in [5.74, 6) is 0.406. The topological polar surface area (TPSA) is 55.7 Å². The van der Waals surface area contributed by atoms with Crippen LogP contribution in [0, 0.1) is 0 Å². The molecule has 1 heterocycles. The van der Waals surface area contributed by atoms with Crippen LogP contribution in [-0.4, -0.2) is 26.8 Å². The van der Waals surface area contributed by atoms with Crippen LogP contribution < -0.4 is 5.32 Å². The molecule has 0 aromatic heterocycles. The lowest BCUT2D eigenvalue weighted by Gasteiger charge is -2.24. The molecule has 26 heavy (non-hydrogen) atoms. The maximum atomic E-state index is 9.79. The molecule has 4 nitrogen and oxygen atoms in total. The SMILES string of the molecule is CC(C)c1ccc(CNC(=S)N2CCCc3cc(O)c(O)cc3C2)cc1. The summed E-state index contributed by atoms with van der Waals surface area (Å²) in [5, 5.41) is 23.6.